The number of amides is 1. The highest BCUT2D eigenvalue weighted by molar-refractivity contribution is 5.82. The van der Waals surface area contributed by atoms with Crippen LogP contribution in [0.2, 0.25) is 0 Å². The van der Waals surface area contributed by atoms with Crippen LogP contribution in [0.5, 0.6) is 0 Å². The van der Waals surface area contributed by atoms with E-state index in [1.165, 1.54) is 32.1 Å². The highest BCUT2D eigenvalue weighted by Crippen LogP contribution is 2.22. The molecule has 1 amide bonds. The molecule has 0 bridgehead atoms. The van der Waals surface area contributed by atoms with Gasteiger partial charge < -0.3 is 10.2 Å². The zero-order valence-corrected chi connectivity index (χ0v) is 11.1. The lowest BCUT2D eigenvalue weighted by Gasteiger charge is -2.38. The first-order valence-electron chi connectivity index (χ1n) is 6.88. The molecule has 2 aliphatic rings. The highest BCUT2D eigenvalue weighted by Gasteiger charge is 2.31. The predicted octanol–water partition coefficient (Wildman–Crippen LogP) is 0.681. The zero-order chi connectivity index (χ0) is 12.3. The average Bonchev–Trinajstić information content (AvgIpc) is 2.39. The van der Waals surface area contributed by atoms with Crippen molar-refractivity contribution in [3.05, 3.63) is 0 Å². The number of nitrogens with one attached hydrogen (secondary N) is 1. The molecule has 98 valence electrons. The Morgan fingerprint density at radius 2 is 2.00 bits per heavy atom. The number of likely N-dealkylation sites (N-methyl/N-ethyl adjacent to an activating group) is 2. The summed E-state index contributed by atoms with van der Waals surface area (Å²) in [5.74, 6) is 0.298. The van der Waals surface area contributed by atoms with Crippen LogP contribution in [0.25, 0.3) is 0 Å². The molecule has 0 aromatic heterocycles. The Bertz CT molecular complexity index is 263. The highest BCUT2D eigenvalue weighted by atomic mass is 16.2. The van der Waals surface area contributed by atoms with Crippen LogP contribution in [0.3, 0.4) is 0 Å². The molecule has 17 heavy (non-hydrogen) atoms. The Labute approximate surface area is 104 Å². The molecule has 0 aromatic carbocycles. The minimum Gasteiger partial charge on any atom is -0.341 e. The molecule has 1 aliphatic heterocycles. The predicted molar refractivity (Wildman–Crippen MR) is 68.9 cm³/mol. The van der Waals surface area contributed by atoms with Crippen LogP contribution in [0.15, 0.2) is 0 Å². The summed E-state index contributed by atoms with van der Waals surface area (Å²) in [6.07, 6.45) is 6.27. The maximum Gasteiger partial charge on any atom is 0.241 e. The molecule has 4 nitrogen and oxygen atoms in total. The first-order valence-corrected chi connectivity index (χ1v) is 6.88. The van der Waals surface area contributed by atoms with Crippen molar-refractivity contribution in [2.24, 2.45) is 0 Å². The van der Waals surface area contributed by atoms with Gasteiger partial charge >= 0.3 is 0 Å². The fourth-order valence-corrected chi connectivity index (χ4v) is 2.97. The quantitative estimate of drug-likeness (QED) is 0.770. The molecule has 0 spiro atoms. The van der Waals surface area contributed by atoms with Crippen molar-refractivity contribution in [3.8, 4) is 0 Å². The van der Waals surface area contributed by atoms with E-state index in [1.807, 2.05) is 11.9 Å². The van der Waals surface area contributed by atoms with Crippen LogP contribution in [0.1, 0.15) is 32.1 Å². The lowest BCUT2D eigenvalue weighted by molar-refractivity contribution is -0.138. The number of carbonyl (C=O) groups excluding carboxylic acids is 1. The second kappa shape index (κ2) is 5.83. The molecule has 1 N–H and O–H groups in total. The van der Waals surface area contributed by atoms with Crippen molar-refractivity contribution < 1.29 is 4.79 Å². The molecule has 1 saturated heterocycles. The van der Waals surface area contributed by atoms with E-state index >= 15 is 0 Å². The molecule has 4 heteroatoms. The summed E-state index contributed by atoms with van der Waals surface area (Å²) in [6, 6.07) is 0.516. The summed E-state index contributed by atoms with van der Waals surface area (Å²) >= 11 is 0. The van der Waals surface area contributed by atoms with Gasteiger partial charge in [0.2, 0.25) is 5.91 Å². The van der Waals surface area contributed by atoms with Crippen LogP contribution in [0.4, 0.5) is 0 Å². The number of hydrogen-bond acceptors (Lipinski definition) is 3. The fourth-order valence-electron chi connectivity index (χ4n) is 2.97. The summed E-state index contributed by atoms with van der Waals surface area (Å²) in [5, 5.41) is 3.31. The second-order valence-corrected chi connectivity index (χ2v) is 5.44. The van der Waals surface area contributed by atoms with Gasteiger partial charge in [-0.1, -0.05) is 19.3 Å². The first kappa shape index (κ1) is 12.8. The van der Waals surface area contributed by atoms with E-state index in [2.05, 4.69) is 17.3 Å². The minimum atomic E-state index is 0.0377. The molecule has 1 heterocycles. The smallest absolute Gasteiger partial charge is 0.241 e. The average molecular weight is 239 g/mol. The van der Waals surface area contributed by atoms with Crippen molar-refractivity contribution in [3.63, 3.8) is 0 Å². The van der Waals surface area contributed by atoms with Gasteiger partial charge in [-0.25, -0.2) is 0 Å². The summed E-state index contributed by atoms with van der Waals surface area (Å²) in [7, 11) is 4.04. The van der Waals surface area contributed by atoms with Crippen LogP contribution in [-0.4, -0.2) is 61.5 Å². The van der Waals surface area contributed by atoms with Gasteiger partial charge in [0.15, 0.2) is 0 Å². The monoisotopic (exact) mass is 239 g/mol. The van der Waals surface area contributed by atoms with E-state index in [4.69, 9.17) is 0 Å². The Balaban J connectivity index is 1.92. The van der Waals surface area contributed by atoms with Crippen molar-refractivity contribution in [1.29, 1.82) is 0 Å². The van der Waals surface area contributed by atoms with Crippen LogP contribution >= 0.6 is 0 Å². The van der Waals surface area contributed by atoms with Crippen molar-refractivity contribution in [2.75, 3.05) is 33.7 Å². The standard InChI is InChI=1S/C13H25N3O/c1-15-9-8-14-10-12(15)13(17)16(2)11-6-4-3-5-7-11/h11-12,14H,3-10H2,1-2H3. The maximum atomic E-state index is 12.5. The number of nitrogens with zero attached hydrogens (tertiary/aromatic N) is 2. The normalized spacial score (nSPS) is 28.0. The lowest BCUT2D eigenvalue weighted by atomic mass is 9.94. The van der Waals surface area contributed by atoms with Gasteiger partial charge in [0.25, 0.3) is 0 Å². The summed E-state index contributed by atoms with van der Waals surface area (Å²) in [4.78, 5) is 16.6. The van der Waals surface area contributed by atoms with Crippen LogP contribution in [-0.2, 0) is 4.79 Å². The number of hydrogen-bond donors (Lipinski definition) is 1. The Kier molecular flexibility index (Phi) is 4.40. The molecule has 0 radical (unpaired) electrons. The van der Waals surface area contributed by atoms with Crippen molar-refractivity contribution >= 4 is 5.91 Å². The lowest BCUT2D eigenvalue weighted by Crippen LogP contribution is -2.58. The molecule has 2 rings (SSSR count). The number of carbonyl (C=O) groups is 1. The van der Waals surface area contributed by atoms with E-state index in [-0.39, 0.29) is 6.04 Å². The third kappa shape index (κ3) is 2.99. The van der Waals surface area contributed by atoms with E-state index in [9.17, 15) is 4.79 Å². The minimum absolute atomic E-state index is 0.0377. The topological polar surface area (TPSA) is 35.6 Å². The molecule has 2 fully saturated rings. The van der Waals surface area contributed by atoms with Gasteiger partial charge in [-0.05, 0) is 19.9 Å². The van der Waals surface area contributed by atoms with Crippen molar-refractivity contribution in [2.45, 2.75) is 44.2 Å². The third-order valence-corrected chi connectivity index (χ3v) is 4.27. The number of piperazine rings is 1. The van der Waals surface area contributed by atoms with E-state index in [0.717, 1.165) is 19.6 Å². The SMILES string of the molecule is CN1CCNCC1C(=O)N(C)C1CCCCC1. The molecule has 1 saturated carbocycles. The van der Waals surface area contributed by atoms with Gasteiger partial charge in [-0.15, -0.1) is 0 Å². The van der Waals surface area contributed by atoms with Gasteiger partial charge in [0, 0.05) is 32.7 Å². The summed E-state index contributed by atoms with van der Waals surface area (Å²) < 4.78 is 0. The third-order valence-electron chi connectivity index (χ3n) is 4.27. The zero-order valence-electron chi connectivity index (χ0n) is 11.1. The maximum absolute atomic E-state index is 12.5. The largest absolute Gasteiger partial charge is 0.341 e. The molecule has 1 atom stereocenters. The van der Waals surface area contributed by atoms with E-state index in [0.29, 0.717) is 11.9 Å². The Morgan fingerprint density at radius 3 is 2.65 bits per heavy atom. The molecular formula is C13H25N3O. The Morgan fingerprint density at radius 1 is 1.29 bits per heavy atom. The van der Waals surface area contributed by atoms with Crippen LogP contribution in [0, 0.1) is 0 Å². The van der Waals surface area contributed by atoms with Gasteiger partial charge in [-0.2, -0.15) is 0 Å². The first-order chi connectivity index (χ1) is 8.20. The summed E-state index contributed by atoms with van der Waals surface area (Å²) in [6.45, 7) is 2.76. The van der Waals surface area contributed by atoms with Gasteiger partial charge in [-0.3, -0.25) is 9.69 Å². The molecule has 0 aromatic rings. The van der Waals surface area contributed by atoms with Crippen LogP contribution < -0.4 is 5.32 Å². The molecule has 1 aliphatic carbocycles. The van der Waals surface area contributed by atoms with E-state index < -0.39 is 0 Å². The van der Waals surface area contributed by atoms with Gasteiger partial charge in [0.05, 0.1) is 0 Å². The van der Waals surface area contributed by atoms with E-state index in [1.54, 1.807) is 0 Å². The van der Waals surface area contributed by atoms with Gasteiger partial charge in [0.1, 0.15) is 6.04 Å². The second-order valence-electron chi connectivity index (χ2n) is 5.44. The summed E-state index contributed by atoms with van der Waals surface area (Å²) in [5.41, 5.74) is 0. The number of rotatable bonds is 2. The fraction of sp³-hybridized carbons (Fsp3) is 0.923. The Hall–Kier alpha value is -0.610. The molecular weight excluding hydrogens is 214 g/mol. The molecule has 1 unspecified atom stereocenters. The van der Waals surface area contributed by atoms with Crippen molar-refractivity contribution in [1.82, 2.24) is 15.1 Å².